The zero-order valence-corrected chi connectivity index (χ0v) is 19.0. The Morgan fingerprint density at radius 1 is 1.03 bits per heavy atom. The summed E-state index contributed by atoms with van der Waals surface area (Å²) in [5, 5.41) is 2.91. The fourth-order valence-corrected chi connectivity index (χ4v) is 4.54. The maximum atomic E-state index is 13.0. The fourth-order valence-electron chi connectivity index (χ4n) is 3.22. The molecule has 31 heavy (non-hydrogen) atoms. The summed E-state index contributed by atoms with van der Waals surface area (Å²) < 4.78 is 28.5. The molecule has 0 fully saturated rings. The summed E-state index contributed by atoms with van der Waals surface area (Å²) in [5.41, 5.74) is 2.96. The van der Waals surface area contributed by atoms with Crippen molar-refractivity contribution in [2.75, 3.05) is 11.3 Å². The Labute approximate surface area is 183 Å². The number of carbonyl (C=O) groups excluding carboxylic acids is 1. The van der Waals surface area contributed by atoms with Crippen molar-refractivity contribution in [2.24, 2.45) is 0 Å². The lowest BCUT2D eigenvalue weighted by atomic mass is 9.85. The molecule has 1 aromatic heterocycles. The molecule has 0 radical (unpaired) electrons. The molecular formula is C24H27N3O3S. The van der Waals surface area contributed by atoms with Gasteiger partial charge in [-0.15, -0.1) is 0 Å². The predicted molar refractivity (Wildman–Crippen MR) is 123 cm³/mol. The van der Waals surface area contributed by atoms with Gasteiger partial charge >= 0.3 is 0 Å². The molecule has 0 spiro atoms. The Hall–Kier alpha value is -3.19. The monoisotopic (exact) mass is 437 g/mol. The third-order valence-corrected chi connectivity index (χ3v) is 6.67. The van der Waals surface area contributed by atoms with E-state index >= 15 is 0 Å². The average Bonchev–Trinajstić information content (AvgIpc) is 2.72. The summed E-state index contributed by atoms with van der Waals surface area (Å²) in [7, 11) is -3.84. The van der Waals surface area contributed by atoms with E-state index in [1.54, 1.807) is 49.6 Å². The molecule has 1 heterocycles. The van der Waals surface area contributed by atoms with Crippen molar-refractivity contribution < 1.29 is 13.2 Å². The molecule has 0 saturated carbocycles. The number of hydrogen-bond acceptors (Lipinski definition) is 4. The molecular weight excluding hydrogens is 410 g/mol. The predicted octanol–water partition coefficient (Wildman–Crippen LogP) is 4.21. The highest BCUT2D eigenvalue weighted by molar-refractivity contribution is 7.92. The van der Waals surface area contributed by atoms with Crippen LogP contribution in [0.5, 0.6) is 0 Å². The Morgan fingerprint density at radius 3 is 2.48 bits per heavy atom. The Balaban J connectivity index is 1.79. The number of benzene rings is 2. The number of aromatic nitrogens is 1. The van der Waals surface area contributed by atoms with Crippen LogP contribution in [0.1, 0.15) is 40.9 Å². The van der Waals surface area contributed by atoms with Gasteiger partial charge in [0.15, 0.2) is 0 Å². The van der Waals surface area contributed by atoms with Gasteiger partial charge in [0.1, 0.15) is 0 Å². The van der Waals surface area contributed by atoms with E-state index in [2.05, 4.69) is 15.0 Å². The molecule has 2 N–H and O–H groups in total. The number of nitrogens with zero attached hydrogens (tertiary/aromatic N) is 1. The number of anilines is 1. The van der Waals surface area contributed by atoms with Crippen LogP contribution in [0, 0.1) is 13.8 Å². The van der Waals surface area contributed by atoms with Gasteiger partial charge in [-0.1, -0.05) is 38.1 Å². The first-order valence-electron chi connectivity index (χ1n) is 9.97. The summed E-state index contributed by atoms with van der Waals surface area (Å²) >= 11 is 0. The molecule has 6 nitrogen and oxygen atoms in total. The highest BCUT2D eigenvalue weighted by Gasteiger charge is 2.23. The van der Waals surface area contributed by atoms with E-state index in [9.17, 15) is 13.2 Å². The lowest BCUT2D eigenvalue weighted by Crippen LogP contribution is -2.36. The first-order valence-corrected chi connectivity index (χ1v) is 11.5. The van der Waals surface area contributed by atoms with E-state index in [1.807, 2.05) is 39.0 Å². The molecule has 3 aromatic rings. The summed E-state index contributed by atoms with van der Waals surface area (Å²) in [6.07, 6.45) is 3.48. The number of carbonyl (C=O) groups is 1. The van der Waals surface area contributed by atoms with Crippen molar-refractivity contribution in [3.63, 3.8) is 0 Å². The van der Waals surface area contributed by atoms with Crippen molar-refractivity contribution in [2.45, 2.75) is 38.0 Å². The number of amides is 1. The molecule has 0 aliphatic heterocycles. The van der Waals surface area contributed by atoms with Crippen molar-refractivity contribution >= 4 is 21.6 Å². The molecule has 7 heteroatoms. The fraction of sp³-hybridized carbons (Fsp3) is 0.250. The highest BCUT2D eigenvalue weighted by Crippen LogP contribution is 2.23. The second kappa shape index (κ2) is 8.89. The lowest BCUT2D eigenvalue weighted by molar-refractivity contribution is 0.0945. The van der Waals surface area contributed by atoms with Gasteiger partial charge in [0, 0.05) is 35.6 Å². The van der Waals surface area contributed by atoms with E-state index in [1.165, 1.54) is 6.07 Å². The summed E-state index contributed by atoms with van der Waals surface area (Å²) in [4.78, 5) is 17.0. The van der Waals surface area contributed by atoms with E-state index in [0.717, 1.165) is 11.1 Å². The minimum Gasteiger partial charge on any atom is -0.351 e. The van der Waals surface area contributed by atoms with Crippen molar-refractivity contribution in [1.29, 1.82) is 0 Å². The number of sulfonamides is 1. The molecule has 1 amide bonds. The van der Waals surface area contributed by atoms with Crippen LogP contribution in [-0.2, 0) is 15.4 Å². The van der Waals surface area contributed by atoms with Crippen LogP contribution in [0.15, 0.2) is 71.9 Å². The first kappa shape index (κ1) is 22.5. The van der Waals surface area contributed by atoms with Crippen LogP contribution in [0.2, 0.25) is 0 Å². The standard InChI is InChI=1S/C24H27N3O3S/c1-17-7-5-9-21(13-17)27-31(29,30)22-14-19(11-10-18(22)2)23(28)26-16-24(3,4)20-8-6-12-25-15-20/h5-15,27H,16H2,1-4H3,(H,26,28). The zero-order chi connectivity index (χ0) is 22.6. The molecule has 0 unspecified atom stereocenters. The number of pyridine rings is 1. The highest BCUT2D eigenvalue weighted by atomic mass is 32.2. The topological polar surface area (TPSA) is 88.2 Å². The van der Waals surface area contributed by atoms with Gasteiger partial charge in [-0.2, -0.15) is 0 Å². The SMILES string of the molecule is Cc1cccc(NS(=O)(=O)c2cc(C(=O)NCC(C)(C)c3cccnc3)ccc2C)c1. The largest absolute Gasteiger partial charge is 0.351 e. The van der Waals surface area contributed by atoms with Gasteiger partial charge in [0.2, 0.25) is 0 Å². The molecule has 0 saturated heterocycles. The first-order chi connectivity index (χ1) is 14.6. The van der Waals surface area contributed by atoms with Crippen molar-refractivity contribution in [3.8, 4) is 0 Å². The molecule has 0 bridgehead atoms. The molecule has 2 aromatic carbocycles. The Kier molecular flexibility index (Phi) is 6.45. The van der Waals surface area contributed by atoms with Crippen LogP contribution in [0.4, 0.5) is 5.69 Å². The van der Waals surface area contributed by atoms with Crippen LogP contribution < -0.4 is 10.0 Å². The molecule has 0 atom stereocenters. The van der Waals surface area contributed by atoms with Gasteiger partial charge < -0.3 is 5.32 Å². The summed E-state index contributed by atoms with van der Waals surface area (Å²) in [6.45, 7) is 8.01. The van der Waals surface area contributed by atoms with Crippen LogP contribution in [-0.4, -0.2) is 25.9 Å². The van der Waals surface area contributed by atoms with E-state index in [0.29, 0.717) is 17.8 Å². The number of nitrogens with one attached hydrogen (secondary N) is 2. The quantitative estimate of drug-likeness (QED) is 0.580. The molecule has 162 valence electrons. The average molecular weight is 438 g/mol. The second-order valence-corrected chi connectivity index (χ2v) is 9.91. The van der Waals surface area contributed by atoms with Crippen LogP contribution in [0.3, 0.4) is 0 Å². The van der Waals surface area contributed by atoms with Crippen molar-refractivity contribution in [1.82, 2.24) is 10.3 Å². The smallest absolute Gasteiger partial charge is 0.262 e. The summed E-state index contributed by atoms with van der Waals surface area (Å²) in [5.74, 6) is -0.330. The number of rotatable bonds is 7. The minimum absolute atomic E-state index is 0.0770. The third kappa shape index (κ3) is 5.49. The minimum atomic E-state index is -3.84. The van der Waals surface area contributed by atoms with E-state index < -0.39 is 10.0 Å². The second-order valence-electron chi connectivity index (χ2n) is 8.26. The Bertz CT molecular complexity index is 1190. The van der Waals surface area contributed by atoms with Crippen molar-refractivity contribution in [3.05, 3.63) is 89.2 Å². The van der Waals surface area contributed by atoms with E-state index in [4.69, 9.17) is 0 Å². The maximum absolute atomic E-state index is 13.0. The number of aryl methyl sites for hydroxylation is 2. The van der Waals surface area contributed by atoms with Gasteiger partial charge in [-0.05, 0) is 60.9 Å². The van der Waals surface area contributed by atoms with E-state index in [-0.39, 0.29) is 21.8 Å². The van der Waals surface area contributed by atoms with Crippen LogP contribution >= 0.6 is 0 Å². The zero-order valence-electron chi connectivity index (χ0n) is 18.1. The van der Waals surface area contributed by atoms with Crippen LogP contribution in [0.25, 0.3) is 0 Å². The van der Waals surface area contributed by atoms with Gasteiger partial charge in [-0.3, -0.25) is 14.5 Å². The Morgan fingerprint density at radius 2 is 1.81 bits per heavy atom. The summed E-state index contributed by atoms with van der Waals surface area (Å²) in [6, 6.07) is 15.6. The third-order valence-electron chi connectivity index (χ3n) is 5.14. The number of hydrogen-bond donors (Lipinski definition) is 2. The van der Waals surface area contributed by atoms with Gasteiger partial charge in [0.05, 0.1) is 4.90 Å². The lowest BCUT2D eigenvalue weighted by Gasteiger charge is -2.25. The molecule has 0 aliphatic rings. The normalized spacial score (nSPS) is 11.7. The molecule has 0 aliphatic carbocycles. The maximum Gasteiger partial charge on any atom is 0.262 e. The molecule has 3 rings (SSSR count). The van der Waals surface area contributed by atoms with Gasteiger partial charge in [0.25, 0.3) is 15.9 Å². The van der Waals surface area contributed by atoms with Gasteiger partial charge in [-0.25, -0.2) is 8.42 Å².